The van der Waals surface area contributed by atoms with Crippen molar-refractivity contribution in [3.8, 4) is 17.6 Å². The van der Waals surface area contributed by atoms with Crippen molar-refractivity contribution >= 4 is 44.4 Å². The number of aryl methyl sites for hydroxylation is 1. The Morgan fingerprint density at radius 3 is 2.91 bits per heavy atom. The monoisotopic (exact) mass is 489 g/mol. The van der Waals surface area contributed by atoms with Gasteiger partial charge in [0.15, 0.2) is 0 Å². The Bertz CT molecular complexity index is 1480. The second-order valence-corrected chi connectivity index (χ2v) is 9.34. The molecule has 1 aliphatic rings. The third-order valence-electron chi connectivity index (χ3n) is 6.06. The Morgan fingerprint density at radius 2 is 2.14 bits per heavy atom. The first-order valence-corrected chi connectivity index (χ1v) is 12.0. The number of amides is 2. The number of benzene rings is 1. The molecule has 1 aliphatic heterocycles. The van der Waals surface area contributed by atoms with Gasteiger partial charge in [-0.15, -0.1) is 11.3 Å². The highest BCUT2D eigenvalue weighted by atomic mass is 32.1. The Kier molecular flexibility index (Phi) is 6.11. The molecular formula is C25H23N5O4S. The van der Waals surface area contributed by atoms with Crippen molar-refractivity contribution in [1.82, 2.24) is 19.8 Å². The van der Waals surface area contributed by atoms with Gasteiger partial charge in [0.05, 0.1) is 32.8 Å². The van der Waals surface area contributed by atoms with Gasteiger partial charge in [-0.3, -0.25) is 14.3 Å². The molecule has 5 rings (SSSR count). The number of fused-ring (bicyclic) bond motifs is 2. The van der Waals surface area contributed by atoms with Crippen molar-refractivity contribution in [2.75, 3.05) is 26.7 Å². The smallest absolute Gasteiger partial charge is 0.327 e. The number of carbonyl (C=O) groups excluding carboxylic acids is 2. The number of methoxy groups -OCH3 is 1. The Labute approximate surface area is 205 Å². The lowest BCUT2D eigenvalue weighted by Crippen LogP contribution is -2.29. The molecule has 0 aliphatic carbocycles. The molecule has 0 radical (unpaired) electrons. The summed E-state index contributed by atoms with van der Waals surface area (Å²) in [6, 6.07) is 12.5. The second-order valence-electron chi connectivity index (χ2n) is 8.29. The predicted octanol–water partition coefficient (Wildman–Crippen LogP) is 4.29. The van der Waals surface area contributed by atoms with Gasteiger partial charge in [-0.05, 0) is 43.7 Å². The van der Waals surface area contributed by atoms with Gasteiger partial charge in [0.1, 0.15) is 18.0 Å². The van der Waals surface area contributed by atoms with Crippen molar-refractivity contribution in [3.63, 3.8) is 0 Å². The molecule has 1 aromatic carbocycles. The average molecular weight is 490 g/mol. The number of nitrogens with one attached hydrogen (secondary N) is 1. The van der Waals surface area contributed by atoms with Gasteiger partial charge in [-0.1, -0.05) is 0 Å². The van der Waals surface area contributed by atoms with E-state index in [1.165, 1.54) is 15.9 Å². The van der Waals surface area contributed by atoms with Gasteiger partial charge >= 0.3 is 6.03 Å². The summed E-state index contributed by atoms with van der Waals surface area (Å²) in [4.78, 5) is 32.3. The second kappa shape index (κ2) is 9.37. The van der Waals surface area contributed by atoms with Crippen LogP contribution < -0.4 is 10.1 Å². The van der Waals surface area contributed by atoms with Gasteiger partial charge in [-0.2, -0.15) is 5.26 Å². The number of carbonyl (C=O) groups is 2. The molecular weight excluding hydrogens is 466 g/mol. The number of nitrogens with zero attached hydrogens (tertiary/aromatic N) is 4. The summed E-state index contributed by atoms with van der Waals surface area (Å²) in [5, 5.41) is 12.1. The van der Waals surface area contributed by atoms with Crippen molar-refractivity contribution in [3.05, 3.63) is 53.2 Å². The molecule has 9 nitrogen and oxygen atoms in total. The molecule has 0 bridgehead atoms. The van der Waals surface area contributed by atoms with Gasteiger partial charge < -0.3 is 19.7 Å². The summed E-state index contributed by atoms with van der Waals surface area (Å²) in [7, 11) is 1.67. The van der Waals surface area contributed by atoms with E-state index in [9.17, 15) is 9.59 Å². The molecule has 0 saturated carbocycles. The van der Waals surface area contributed by atoms with Crippen LogP contribution in [-0.2, 0) is 4.74 Å². The van der Waals surface area contributed by atoms with Crippen molar-refractivity contribution < 1.29 is 19.1 Å². The van der Waals surface area contributed by atoms with Gasteiger partial charge in [-0.25, -0.2) is 4.79 Å². The van der Waals surface area contributed by atoms with Crippen LogP contribution in [0.2, 0.25) is 0 Å². The number of hydrogen-bond acceptors (Lipinski definition) is 7. The van der Waals surface area contributed by atoms with Crippen LogP contribution >= 0.6 is 11.3 Å². The minimum absolute atomic E-state index is 0.0218. The minimum atomic E-state index is -0.353. The van der Waals surface area contributed by atoms with Crippen LogP contribution in [0.15, 0.2) is 42.6 Å². The van der Waals surface area contributed by atoms with E-state index in [1.54, 1.807) is 25.4 Å². The van der Waals surface area contributed by atoms with Crippen LogP contribution in [0.25, 0.3) is 21.1 Å². The van der Waals surface area contributed by atoms with Gasteiger partial charge in [0.2, 0.25) is 0 Å². The van der Waals surface area contributed by atoms with E-state index in [-0.39, 0.29) is 24.6 Å². The maximum Gasteiger partial charge on any atom is 0.327 e. The molecule has 0 spiro atoms. The van der Waals surface area contributed by atoms with Crippen LogP contribution in [0, 0.1) is 18.3 Å². The highest BCUT2D eigenvalue weighted by molar-refractivity contribution is 7.21. The number of likely N-dealkylation sites (tertiary alicyclic amines) is 1. The largest absolute Gasteiger partial charge is 0.456 e. The summed E-state index contributed by atoms with van der Waals surface area (Å²) in [6.07, 6.45) is 2.58. The normalized spacial score (nSPS) is 15.5. The van der Waals surface area contributed by atoms with Crippen LogP contribution in [-0.4, -0.2) is 59.2 Å². The topological polar surface area (TPSA) is 109 Å². The summed E-state index contributed by atoms with van der Waals surface area (Å²) >= 11 is 1.37. The lowest BCUT2D eigenvalue weighted by Gasteiger charge is -2.14. The van der Waals surface area contributed by atoms with Crippen molar-refractivity contribution in [2.45, 2.75) is 19.4 Å². The maximum atomic E-state index is 13.0. The molecule has 178 valence electrons. The zero-order chi connectivity index (χ0) is 24.5. The fourth-order valence-corrected chi connectivity index (χ4v) is 5.38. The van der Waals surface area contributed by atoms with E-state index in [0.29, 0.717) is 40.5 Å². The summed E-state index contributed by atoms with van der Waals surface area (Å²) < 4.78 is 13.9. The molecule has 1 N–H and O–H groups in total. The Balaban J connectivity index is 1.41. The third kappa shape index (κ3) is 4.32. The van der Waals surface area contributed by atoms with Crippen molar-refractivity contribution in [2.24, 2.45) is 0 Å². The summed E-state index contributed by atoms with van der Waals surface area (Å²) in [5.41, 5.74) is 2.17. The number of rotatable bonds is 5. The Morgan fingerprint density at radius 1 is 1.29 bits per heavy atom. The maximum absolute atomic E-state index is 13.0. The lowest BCUT2D eigenvalue weighted by molar-refractivity contribution is 0.0728. The van der Waals surface area contributed by atoms with E-state index in [0.717, 1.165) is 22.2 Å². The van der Waals surface area contributed by atoms with Crippen molar-refractivity contribution in [1.29, 1.82) is 5.26 Å². The molecule has 3 aromatic heterocycles. The van der Waals surface area contributed by atoms with E-state index in [2.05, 4.69) is 10.3 Å². The number of nitriles is 1. The molecule has 35 heavy (non-hydrogen) atoms. The van der Waals surface area contributed by atoms with Crippen LogP contribution in [0.5, 0.6) is 11.5 Å². The fraction of sp³-hybridized carbons (Fsp3) is 0.280. The molecule has 2 amide bonds. The molecule has 1 saturated heterocycles. The third-order valence-corrected chi connectivity index (χ3v) is 7.19. The lowest BCUT2D eigenvalue weighted by atomic mass is 10.2. The highest BCUT2D eigenvalue weighted by Gasteiger charge is 2.28. The van der Waals surface area contributed by atoms with Crippen LogP contribution in [0.3, 0.4) is 0 Å². The fourth-order valence-electron chi connectivity index (χ4n) is 4.35. The molecule has 1 unspecified atom stereocenters. The van der Waals surface area contributed by atoms with Crippen LogP contribution in [0.4, 0.5) is 4.79 Å². The zero-order valence-corrected chi connectivity index (χ0v) is 20.1. The first kappa shape index (κ1) is 22.8. The molecule has 4 heterocycles. The summed E-state index contributed by atoms with van der Waals surface area (Å²) in [5.74, 6) is 1.19. The first-order valence-electron chi connectivity index (χ1n) is 11.1. The molecule has 1 atom stereocenters. The number of pyridine rings is 1. The quantitative estimate of drug-likeness (QED) is 0.419. The van der Waals surface area contributed by atoms with E-state index in [4.69, 9.17) is 14.7 Å². The number of hydrogen-bond donors (Lipinski definition) is 1. The van der Waals surface area contributed by atoms with Gasteiger partial charge in [0, 0.05) is 43.5 Å². The predicted molar refractivity (Wildman–Crippen MR) is 132 cm³/mol. The van der Waals surface area contributed by atoms with Gasteiger partial charge in [0.25, 0.3) is 5.91 Å². The highest BCUT2D eigenvalue weighted by Crippen LogP contribution is 2.36. The summed E-state index contributed by atoms with van der Waals surface area (Å²) in [6.45, 7) is 3.04. The van der Waals surface area contributed by atoms with E-state index < -0.39 is 0 Å². The van der Waals surface area contributed by atoms with E-state index in [1.807, 2.05) is 42.2 Å². The van der Waals surface area contributed by atoms with E-state index >= 15 is 0 Å². The molecule has 1 fully saturated rings. The van der Waals surface area contributed by atoms with Crippen LogP contribution in [0.1, 0.15) is 21.8 Å². The Hall–Kier alpha value is -3.94. The standard InChI is InChI=1S/C25H23N5O4S/c1-15-11-16-12-17(3-4-20(16)30(15)25(32)28-9-7-26)34-21-5-8-27-19-13-22(35-23(19)21)24(31)29-10-6-18(14-29)33-2/h3-5,8,11-13,18H,6,9-10,14H2,1-2H3,(H,28,32). The number of ether oxygens (including phenoxy) is 2. The number of thiophene rings is 1. The number of aromatic nitrogens is 2. The first-order chi connectivity index (χ1) is 17.0. The molecule has 10 heteroatoms. The average Bonchev–Trinajstić information content (AvgIpc) is 3.58. The minimum Gasteiger partial charge on any atom is -0.456 e. The molecule has 4 aromatic rings. The SMILES string of the molecule is COC1CCN(C(=O)c2cc3nccc(Oc4ccc5c(c4)cc(C)n5C(=O)NCC#N)c3s2)C1. The zero-order valence-electron chi connectivity index (χ0n) is 19.3.